The molecule has 1 rings (SSSR count). The maximum atomic E-state index is 11.5. The van der Waals surface area contributed by atoms with Crippen LogP contribution < -0.4 is 10.6 Å². The molecule has 0 saturated heterocycles. The first kappa shape index (κ1) is 13.2. The highest BCUT2D eigenvalue weighted by molar-refractivity contribution is 5.95. The lowest BCUT2D eigenvalue weighted by molar-refractivity contribution is -0.116. The van der Waals surface area contributed by atoms with Crippen LogP contribution in [-0.2, 0) is 4.79 Å². The van der Waals surface area contributed by atoms with Crippen molar-refractivity contribution in [3.8, 4) is 0 Å². The highest BCUT2D eigenvalue weighted by Crippen LogP contribution is 2.11. The second-order valence-electron chi connectivity index (χ2n) is 4.30. The zero-order chi connectivity index (χ0) is 12.8. The molecule has 0 heterocycles. The van der Waals surface area contributed by atoms with Crippen LogP contribution in [0.4, 0.5) is 5.69 Å². The molecule has 0 spiro atoms. The molecule has 0 radical (unpaired) electrons. The summed E-state index contributed by atoms with van der Waals surface area (Å²) in [5, 5.41) is 5.33. The van der Waals surface area contributed by atoms with E-state index in [2.05, 4.69) is 10.6 Å². The second kappa shape index (κ2) is 6.03. The van der Waals surface area contributed by atoms with Crippen molar-refractivity contribution in [1.29, 1.82) is 0 Å². The van der Waals surface area contributed by atoms with E-state index in [9.17, 15) is 9.59 Å². The summed E-state index contributed by atoms with van der Waals surface area (Å²) in [6, 6.07) is 6.82. The van der Waals surface area contributed by atoms with Crippen molar-refractivity contribution in [2.45, 2.75) is 20.3 Å². The number of rotatable bonds is 4. The topological polar surface area (TPSA) is 58.2 Å². The molecule has 4 heteroatoms. The van der Waals surface area contributed by atoms with Crippen LogP contribution in [0.2, 0.25) is 0 Å². The molecule has 0 aliphatic carbocycles. The largest absolute Gasteiger partial charge is 0.355 e. The Morgan fingerprint density at radius 1 is 1.18 bits per heavy atom. The molecule has 0 saturated carbocycles. The van der Waals surface area contributed by atoms with Gasteiger partial charge in [0.05, 0.1) is 0 Å². The highest BCUT2D eigenvalue weighted by Gasteiger charge is 2.06. The summed E-state index contributed by atoms with van der Waals surface area (Å²) in [6.07, 6.45) is 0.497. The summed E-state index contributed by atoms with van der Waals surface area (Å²) >= 11 is 0. The Balaban J connectivity index is 2.62. The van der Waals surface area contributed by atoms with Crippen LogP contribution in [0, 0.1) is 5.92 Å². The molecular weight excluding hydrogens is 216 g/mol. The number of nitrogens with one attached hydrogen (secondary N) is 2. The average Bonchev–Trinajstić information content (AvgIpc) is 2.28. The van der Waals surface area contributed by atoms with Crippen LogP contribution >= 0.6 is 0 Å². The van der Waals surface area contributed by atoms with Crippen LogP contribution in [0.1, 0.15) is 30.6 Å². The third kappa shape index (κ3) is 4.26. The first-order valence-corrected chi connectivity index (χ1v) is 5.65. The molecule has 92 valence electrons. The summed E-state index contributed by atoms with van der Waals surface area (Å²) in [5.41, 5.74) is 1.29. The van der Waals surface area contributed by atoms with Gasteiger partial charge >= 0.3 is 0 Å². The molecule has 1 aromatic carbocycles. The quantitative estimate of drug-likeness (QED) is 0.837. The van der Waals surface area contributed by atoms with Gasteiger partial charge in [0.1, 0.15) is 0 Å². The minimum atomic E-state index is -0.134. The minimum Gasteiger partial charge on any atom is -0.355 e. The summed E-state index contributed by atoms with van der Waals surface area (Å²) in [5.74, 6) is 0.192. The average molecular weight is 234 g/mol. The van der Waals surface area contributed by atoms with E-state index in [1.165, 1.54) is 0 Å². The molecule has 0 aliphatic heterocycles. The predicted octanol–water partition coefficient (Wildman–Crippen LogP) is 2.03. The van der Waals surface area contributed by atoms with Crippen molar-refractivity contribution in [1.82, 2.24) is 5.32 Å². The smallest absolute Gasteiger partial charge is 0.251 e. The Morgan fingerprint density at radius 3 is 2.24 bits per heavy atom. The van der Waals surface area contributed by atoms with Crippen LogP contribution in [-0.4, -0.2) is 18.9 Å². The lowest BCUT2D eigenvalue weighted by Gasteiger charge is -2.07. The predicted molar refractivity (Wildman–Crippen MR) is 67.9 cm³/mol. The monoisotopic (exact) mass is 234 g/mol. The van der Waals surface area contributed by atoms with E-state index in [0.29, 0.717) is 23.6 Å². The van der Waals surface area contributed by atoms with Crippen LogP contribution in [0.5, 0.6) is 0 Å². The van der Waals surface area contributed by atoms with Gasteiger partial charge in [0.2, 0.25) is 5.91 Å². The lowest BCUT2D eigenvalue weighted by atomic mass is 10.1. The zero-order valence-electron chi connectivity index (χ0n) is 10.4. The molecule has 1 aromatic rings. The third-order valence-electron chi connectivity index (χ3n) is 2.25. The fraction of sp³-hybridized carbons (Fsp3) is 0.385. The van der Waals surface area contributed by atoms with Gasteiger partial charge in [-0.15, -0.1) is 0 Å². The molecule has 4 nitrogen and oxygen atoms in total. The molecule has 17 heavy (non-hydrogen) atoms. The van der Waals surface area contributed by atoms with E-state index < -0.39 is 0 Å². The normalized spacial score (nSPS) is 10.1. The standard InChI is InChI=1S/C13H18N2O2/c1-9(2)8-12(16)15-11-6-4-10(5-7-11)13(17)14-3/h4-7,9H,8H2,1-3H3,(H,14,17)(H,15,16). The van der Waals surface area contributed by atoms with Gasteiger partial charge in [-0.1, -0.05) is 13.8 Å². The molecule has 0 aliphatic rings. The van der Waals surface area contributed by atoms with Crippen LogP contribution in [0.25, 0.3) is 0 Å². The SMILES string of the molecule is CNC(=O)c1ccc(NC(=O)CC(C)C)cc1. The first-order chi connectivity index (χ1) is 8.02. The van der Waals surface area contributed by atoms with Crippen molar-refractivity contribution >= 4 is 17.5 Å². The number of hydrogen-bond acceptors (Lipinski definition) is 2. The van der Waals surface area contributed by atoms with Gasteiger partial charge in [0.15, 0.2) is 0 Å². The number of carbonyl (C=O) groups is 2. The lowest BCUT2D eigenvalue weighted by Crippen LogP contribution is -2.18. The highest BCUT2D eigenvalue weighted by atomic mass is 16.2. The number of anilines is 1. The molecule has 0 unspecified atom stereocenters. The minimum absolute atomic E-state index is 0.00677. The summed E-state index contributed by atoms with van der Waals surface area (Å²) < 4.78 is 0. The Hall–Kier alpha value is -1.84. The van der Waals surface area contributed by atoms with E-state index in [1.54, 1.807) is 31.3 Å². The van der Waals surface area contributed by atoms with Crippen molar-refractivity contribution in [3.05, 3.63) is 29.8 Å². The molecule has 2 amide bonds. The van der Waals surface area contributed by atoms with Gasteiger partial charge in [0, 0.05) is 24.7 Å². The summed E-state index contributed by atoms with van der Waals surface area (Å²) in [7, 11) is 1.58. The van der Waals surface area contributed by atoms with E-state index in [4.69, 9.17) is 0 Å². The van der Waals surface area contributed by atoms with Crippen molar-refractivity contribution < 1.29 is 9.59 Å². The molecule has 0 bridgehead atoms. The number of hydrogen-bond donors (Lipinski definition) is 2. The summed E-state index contributed by atoms with van der Waals surface area (Å²) in [4.78, 5) is 22.8. The number of carbonyl (C=O) groups excluding carboxylic acids is 2. The second-order valence-corrected chi connectivity index (χ2v) is 4.30. The molecule has 2 N–H and O–H groups in total. The Kier molecular flexibility index (Phi) is 4.69. The summed E-state index contributed by atoms with van der Waals surface area (Å²) in [6.45, 7) is 3.99. The Morgan fingerprint density at radius 2 is 1.76 bits per heavy atom. The van der Waals surface area contributed by atoms with E-state index in [-0.39, 0.29) is 11.8 Å². The zero-order valence-corrected chi connectivity index (χ0v) is 10.4. The fourth-order valence-electron chi connectivity index (χ4n) is 1.43. The Labute approximate surface area is 101 Å². The number of amides is 2. The van der Waals surface area contributed by atoms with Gasteiger partial charge < -0.3 is 10.6 Å². The van der Waals surface area contributed by atoms with Gasteiger partial charge in [-0.05, 0) is 30.2 Å². The molecule has 0 fully saturated rings. The van der Waals surface area contributed by atoms with E-state index in [0.717, 1.165) is 0 Å². The molecule has 0 atom stereocenters. The van der Waals surface area contributed by atoms with Crippen molar-refractivity contribution in [3.63, 3.8) is 0 Å². The van der Waals surface area contributed by atoms with Gasteiger partial charge in [-0.2, -0.15) is 0 Å². The Bertz CT molecular complexity index is 396. The third-order valence-corrected chi connectivity index (χ3v) is 2.25. The fourth-order valence-corrected chi connectivity index (χ4v) is 1.43. The molecular formula is C13H18N2O2. The maximum absolute atomic E-state index is 11.5. The van der Waals surface area contributed by atoms with Gasteiger partial charge in [-0.3, -0.25) is 9.59 Å². The van der Waals surface area contributed by atoms with Crippen LogP contribution in [0.15, 0.2) is 24.3 Å². The molecule has 0 aromatic heterocycles. The first-order valence-electron chi connectivity index (χ1n) is 5.65. The van der Waals surface area contributed by atoms with Crippen molar-refractivity contribution in [2.24, 2.45) is 5.92 Å². The van der Waals surface area contributed by atoms with E-state index >= 15 is 0 Å². The van der Waals surface area contributed by atoms with Gasteiger partial charge in [-0.25, -0.2) is 0 Å². The van der Waals surface area contributed by atoms with Crippen molar-refractivity contribution in [2.75, 3.05) is 12.4 Å². The number of benzene rings is 1. The van der Waals surface area contributed by atoms with Gasteiger partial charge in [0.25, 0.3) is 5.91 Å². The van der Waals surface area contributed by atoms with E-state index in [1.807, 2.05) is 13.8 Å². The van der Waals surface area contributed by atoms with Crippen LogP contribution in [0.3, 0.4) is 0 Å². The maximum Gasteiger partial charge on any atom is 0.251 e.